The second-order valence-corrected chi connectivity index (χ2v) is 3.76. The van der Waals surface area contributed by atoms with Crippen molar-refractivity contribution in [2.75, 3.05) is 0 Å². The zero-order valence-corrected chi connectivity index (χ0v) is 9.30. The van der Waals surface area contributed by atoms with Crippen molar-refractivity contribution >= 4 is 5.97 Å². The van der Waals surface area contributed by atoms with Crippen LogP contribution in [0.15, 0.2) is 25.3 Å². The molecule has 0 aliphatic heterocycles. The van der Waals surface area contributed by atoms with Crippen LogP contribution in [0.2, 0.25) is 0 Å². The molecule has 3 atom stereocenters. The van der Waals surface area contributed by atoms with Gasteiger partial charge in [-0.05, 0) is 25.3 Å². The van der Waals surface area contributed by atoms with E-state index in [1.807, 2.05) is 0 Å². The lowest BCUT2D eigenvalue weighted by Crippen LogP contribution is -2.38. The summed E-state index contributed by atoms with van der Waals surface area (Å²) < 4.78 is 10.5. The summed E-state index contributed by atoms with van der Waals surface area (Å²) in [4.78, 5) is 11.1. The first-order valence-corrected chi connectivity index (χ1v) is 5.46. The number of esters is 1. The Kier molecular flexibility index (Phi) is 5.22. The highest BCUT2D eigenvalue weighted by atomic mass is 16.6. The highest BCUT2D eigenvalue weighted by molar-refractivity contribution is 5.81. The van der Waals surface area contributed by atoms with E-state index in [0.29, 0.717) is 0 Å². The van der Waals surface area contributed by atoms with Crippen molar-refractivity contribution in [3.8, 4) is 0 Å². The van der Waals surface area contributed by atoms with Gasteiger partial charge in [-0.25, -0.2) is 4.79 Å². The van der Waals surface area contributed by atoms with Gasteiger partial charge in [0.1, 0.15) is 6.10 Å². The van der Waals surface area contributed by atoms with E-state index >= 15 is 0 Å². The summed E-state index contributed by atoms with van der Waals surface area (Å²) in [5.41, 5.74) is 0. The number of rotatable bonds is 5. The first kappa shape index (κ1) is 12.9. The quantitative estimate of drug-likeness (QED) is 0.334. The van der Waals surface area contributed by atoms with E-state index in [0.717, 1.165) is 31.8 Å². The molecule has 3 unspecified atom stereocenters. The van der Waals surface area contributed by atoms with Gasteiger partial charge in [-0.1, -0.05) is 19.6 Å². The number of carbonyl (C=O) groups is 1. The molecule has 0 aromatic carbocycles. The van der Waals surface area contributed by atoms with Gasteiger partial charge in [0, 0.05) is 6.08 Å². The molecule has 1 aliphatic carbocycles. The van der Waals surface area contributed by atoms with Crippen LogP contribution in [0, 0.1) is 0 Å². The van der Waals surface area contributed by atoms with E-state index in [1.54, 1.807) is 0 Å². The van der Waals surface area contributed by atoms with Crippen LogP contribution in [0.5, 0.6) is 0 Å². The number of hydrogen-bond donors (Lipinski definition) is 1. The third kappa shape index (κ3) is 3.79. The number of aliphatic hydroxyl groups excluding tert-OH is 1. The zero-order valence-electron chi connectivity index (χ0n) is 9.30. The molecule has 1 aliphatic rings. The van der Waals surface area contributed by atoms with Crippen molar-refractivity contribution in [1.82, 2.24) is 0 Å². The summed E-state index contributed by atoms with van der Waals surface area (Å²) in [7, 11) is 0. The van der Waals surface area contributed by atoms with Gasteiger partial charge in [0.05, 0.1) is 6.10 Å². The maximum Gasteiger partial charge on any atom is 0.330 e. The van der Waals surface area contributed by atoms with Gasteiger partial charge in [-0.2, -0.15) is 0 Å². The van der Waals surface area contributed by atoms with E-state index in [-0.39, 0.29) is 12.2 Å². The van der Waals surface area contributed by atoms with Gasteiger partial charge in [-0.3, -0.25) is 0 Å². The van der Waals surface area contributed by atoms with Crippen molar-refractivity contribution in [3.63, 3.8) is 0 Å². The fourth-order valence-corrected chi connectivity index (χ4v) is 1.79. The lowest BCUT2D eigenvalue weighted by Gasteiger charge is -2.31. The molecular formula is C12H18O4. The monoisotopic (exact) mass is 226 g/mol. The van der Waals surface area contributed by atoms with Crippen LogP contribution in [0.3, 0.4) is 0 Å². The van der Waals surface area contributed by atoms with Gasteiger partial charge in [0.15, 0.2) is 6.29 Å². The highest BCUT2D eigenvalue weighted by Crippen LogP contribution is 2.24. The molecule has 1 saturated carbocycles. The molecule has 0 saturated heterocycles. The molecule has 90 valence electrons. The van der Waals surface area contributed by atoms with Crippen LogP contribution in [0.4, 0.5) is 0 Å². The van der Waals surface area contributed by atoms with E-state index in [2.05, 4.69) is 13.2 Å². The fourth-order valence-electron chi connectivity index (χ4n) is 1.79. The average Bonchev–Trinajstić information content (AvgIpc) is 2.31. The van der Waals surface area contributed by atoms with Crippen LogP contribution in [-0.2, 0) is 14.3 Å². The molecule has 0 radical (unpaired) electrons. The molecule has 0 aromatic rings. The molecule has 1 rings (SSSR count). The largest absolute Gasteiger partial charge is 0.456 e. The second kappa shape index (κ2) is 6.45. The van der Waals surface area contributed by atoms with Gasteiger partial charge in [0.2, 0.25) is 0 Å². The van der Waals surface area contributed by atoms with Gasteiger partial charge >= 0.3 is 5.97 Å². The Labute approximate surface area is 95.6 Å². The summed E-state index contributed by atoms with van der Waals surface area (Å²) in [6.45, 7) is 6.78. The maximum atomic E-state index is 11.1. The predicted molar refractivity (Wildman–Crippen MR) is 59.6 cm³/mol. The fraction of sp³-hybridized carbons (Fsp3) is 0.583. The molecule has 1 N–H and O–H groups in total. The van der Waals surface area contributed by atoms with Crippen LogP contribution in [-0.4, -0.2) is 29.6 Å². The number of ether oxygens (including phenoxy) is 2. The highest BCUT2D eigenvalue weighted by Gasteiger charge is 2.29. The Morgan fingerprint density at radius 3 is 2.50 bits per heavy atom. The van der Waals surface area contributed by atoms with E-state index < -0.39 is 12.3 Å². The lowest BCUT2D eigenvalue weighted by atomic mass is 9.94. The maximum absolute atomic E-state index is 11.1. The third-order valence-electron chi connectivity index (χ3n) is 2.59. The minimum Gasteiger partial charge on any atom is -0.456 e. The van der Waals surface area contributed by atoms with Crippen molar-refractivity contribution < 1.29 is 19.4 Å². The Balaban J connectivity index is 2.52. The number of hydrogen-bond acceptors (Lipinski definition) is 4. The molecule has 16 heavy (non-hydrogen) atoms. The third-order valence-corrected chi connectivity index (χ3v) is 2.59. The molecule has 4 nitrogen and oxygen atoms in total. The van der Waals surface area contributed by atoms with Crippen molar-refractivity contribution in [3.05, 3.63) is 25.3 Å². The lowest BCUT2D eigenvalue weighted by molar-refractivity contribution is -0.175. The normalized spacial score (nSPS) is 26.8. The van der Waals surface area contributed by atoms with E-state index in [1.165, 1.54) is 6.08 Å². The van der Waals surface area contributed by atoms with Crippen LogP contribution >= 0.6 is 0 Å². The van der Waals surface area contributed by atoms with Gasteiger partial charge < -0.3 is 14.6 Å². The van der Waals surface area contributed by atoms with Gasteiger partial charge in [0.25, 0.3) is 0 Å². The van der Waals surface area contributed by atoms with Crippen LogP contribution in [0.1, 0.15) is 25.7 Å². The minimum absolute atomic E-state index is 0.259. The van der Waals surface area contributed by atoms with Crippen molar-refractivity contribution in [2.45, 2.75) is 44.2 Å². The first-order valence-electron chi connectivity index (χ1n) is 5.46. The van der Waals surface area contributed by atoms with Crippen molar-refractivity contribution in [1.29, 1.82) is 0 Å². The van der Waals surface area contributed by atoms with Crippen molar-refractivity contribution in [2.24, 2.45) is 0 Å². The second-order valence-electron chi connectivity index (χ2n) is 3.76. The molecule has 4 heteroatoms. The summed E-state index contributed by atoms with van der Waals surface area (Å²) >= 11 is 0. The van der Waals surface area contributed by atoms with E-state index in [9.17, 15) is 9.90 Å². The Morgan fingerprint density at radius 1 is 1.31 bits per heavy atom. The molecule has 0 amide bonds. The topological polar surface area (TPSA) is 55.8 Å². The molecule has 1 fully saturated rings. The van der Waals surface area contributed by atoms with E-state index in [4.69, 9.17) is 9.47 Å². The molecule has 0 aromatic heterocycles. The number of aliphatic hydroxyl groups is 1. The van der Waals surface area contributed by atoms with Crippen LogP contribution in [0.25, 0.3) is 0 Å². The summed E-state index contributed by atoms with van der Waals surface area (Å²) in [5.74, 6) is -0.450. The smallest absolute Gasteiger partial charge is 0.330 e. The summed E-state index contributed by atoms with van der Waals surface area (Å²) in [6, 6.07) is 0. The summed E-state index contributed by atoms with van der Waals surface area (Å²) in [5, 5.41) is 9.32. The Hall–Kier alpha value is -1.13. The Morgan fingerprint density at radius 2 is 1.94 bits per heavy atom. The molecule has 0 bridgehead atoms. The molecule has 0 heterocycles. The minimum atomic E-state index is -1.01. The van der Waals surface area contributed by atoms with Crippen LogP contribution < -0.4 is 0 Å². The summed E-state index contributed by atoms with van der Waals surface area (Å²) in [6.07, 6.45) is 4.42. The zero-order chi connectivity index (χ0) is 12.0. The molecule has 0 spiro atoms. The van der Waals surface area contributed by atoms with Gasteiger partial charge in [-0.15, -0.1) is 0 Å². The molecular weight excluding hydrogens is 208 g/mol. The first-order chi connectivity index (χ1) is 7.67. The number of carbonyl (C=O) groups excluding carboxylic acids is 1. The average molecular weight is 226 g/mol. The SMILES string of the molecule is C=CC(=O)OC1CCCCC1OC(O)C=C. The standard InChI is InChI=1S/C12H18O4/c1-3-11(13)15-9-7-5-6-8-10(9)16-12(14)4-2/h3-4,9-11,13H,1-2,5-8H2. The predicted octanol–water partition coefficient (Wildman–Crippen LogP) is 1.55. The Bertz CT molecular complexity index is 262.